The van der Waals surface area contributed by atoms with Gasteiger partial charge in [-0.1, -0.05) is 30.3 Å². The second-order valence-corrected chi connectivity index (χ2v) is 6.68. The molecule has 0 aliphatic carbocycles. The maximum atomic E-state index is 13.9. The number of benzene rings is 2. The molecular weight excluding hydrogens is 327 g/mol. The van der Waals surface area contributed by atoms with Crippen molar-refractivity contribution in [1.82, 2.24) is 4.57 Å². The fourth-order valence-electron chi connectivity index (χ4n) is 2.18. The van der Waals surface area contributed by atoms with Gasteiger partial charge in [0.15, 0.2) is 0 Å². The number of anilines is 1. The fourth-order valence-corrected chi connectivity index (χ4v) is 3.05. The summed E-state index contributed by atoms with van der Waals surface area (Å²) >= 11 is 0. The highest BCUT2D eigenvalue weighted by Crippen LogP contribution is 2.21. The van der Waals surface area contributed by atoms with Crippen molar-refractivity contribution in [3.8, 4) is 5.69 Å². The van der Waals surface area contributed by atoms with Crippen LogP contribution in [0, 0.1) is 5.82 Å². The van der Waals surface area contributed by atoms with Crippen LogP contribution >= 0.6 is 0 Å². The molecule has 0 unspecified atom stereocenters. The molecule has 0 aliphatic rings. The maximum absolute atomic E-state index is 13.9. The standard InChI is InChI=1S/C18H15FN2O2S/c19-17-9-8-16(21-11-4-5-12-21)14-18(17)20-24(22,23)13-10-15-6-2-1-3-7-15/h1-14,20H/b13-10+. The van der Waals surface area contributed by atoms with Gasteiger partial charge in [0.05, 0.1) is 11.1 Å². The van der Waals surface area contributed by atoms with Gasteiger partial charge >= 0.3 is 0 Å². The van der Waals surface area contributed by atoms with Crippen LogP contribution in [0.5, 0.6) is 0 Å². The number of hydrogen-bond acceptors (Lipinski definition) is 2. The molecule has 24 heavy (non-hydrogen) atoms. The first kappa shape index (κ1) is 16.0. The Kier molecular flexibility index (Phi) is 4.48. The molecule has 6 heteroatoms. The predicted molar refractivity (Wildman–Crippen MR) is 93.7 cm³/mol. The summed E-state index contributed by atoms with van der Waals surface area (Å²) in [4.78, 5) is 0. The molecule has 0 radical (unpaired) electrons. The van der Waals surface area contributed by atoms with Gasteiger partial charge in [0.2, 0.25) is 0 Å². The van der Waals surface area contributed by atoms with Crippen LogP contribution in [0.1, 0.15) is 5.56 Å². The van der Waals surface area contributed by atoms with E-state index in [1.54, 1.807) is 47.3 Å². The van der Waals surface area contributed by atoms with Gasteiger partial charge in [-0.3, -0.25) is 4.72 Å². The smallest absolute Gasteiger partial charge is 0.255 e. The zero-order valence-corrected chi connectivity index (χ0v) is 13.4. The van der Waals surface area contributed by atoms with Crippen molar-refractivity contribution < 1.29 is 12.8 Å². The molecule has 3 aromatic rings. The normalized spacial score (nSPS) is 11.7. The van der Waals surface area contributed by atoms with E-state index in [2.05, 4.69) is 4.72 Å². The number of aromatic nitrogens is 1. The summed E-state index contributed by atoms with van der Waals surface area (Å²) in [6.45, 7) is 0. The van der Waals surface area contributed by atoms with E-state index in [1.807, 2.05) is 18.2 Å². The van der Waals surface area contributed by atoms with Crippen LogP contribution in [0.4, 0.5) is 10.1 Å². The molecular formula is C18H15FN2O2S. The second kappa shape index (κ2) is 6.72. The van der Waals surface area contributed by atoms with Crippen LogP contribution in [0.2, 0.25) is 0 Å². The Morgan fingerprint density at radius 3 is 2.38 bits per heavy atom. The zero-order valence-electron chi connectivity index (χ0n) is 12.6. The van der Waals surface area contributed by atoms with Crippen molar-refractivity contribution in [2.24, 2.45) is 0 Å². The quantitative estimate of drug-likeness (QED) is 0.761. The predicted octanol–water partition coefficient (Wildman–Crippen LogP) is 4.03. The van der Waals surface area contributed by atoms with E-state index in [1.165, 1.54) is 18.2 Å². The third-order valence-corrected chi connectivity index (χ3v) is 4.34. The number of hydrogen-bond donors (Lipinski definition) is 1. The van der Waals surface area contributed by atoms with Crippen molar-refractivity contribution in [3.63, 3.8) is 0 Å². The lowest BCUT2D eigenvalue weighted by molar-refractivity contribution is 0.606. The monoisotopic (exact) mass is 342 g/mol. The number of halogens is 1. The Morgan fingerprint density at radius 1 is 0.958 bits per heavy atom. The van der Waals surface area contributed by atoms with Crippen molar-refractivity contribution in [2.45, 2.75) is 0 Å². The Balaban J connectivity index is 1.84. The minimum atomic E-state index is -3.82. The molecule has 1 heterocycles. The molecule has 0 bridgehead atoms. The third-order valence-electron chi connectivity index (χ3n) is 3.34. The third kappa shape index (κ3) is 3.91. The van der Waals surface area contributed by atoms with E-state index in [9.17, 15) is 12.8 Å². The summed E-state index contributed by atoms with van der Waals surface area (Å²) in [6, 6.07) is 16.9. The largest absolute Gasteiger partial charge is 0.324 e. The van der Waals surface area contributed by atoms with Gasteiger partial charge in [0, 0.05) is 18.1 Å². The molecule has 0 amide bonds. The average molecular weight is 342 g/mol. The Hall–Kier alpha value is -2.86. The second-order valence-electron chi connectivity index (χ2n) is 5.11. The van der Waals surface area contributed by atoms with Crippen molar-refractivity contribution >= 4 is 21.8 Å². The molecule has 3 rings (SSSR count). The summed E-state index contributed by atoms with van der Waals surface area (Å²) in [5, 5.41) is 1.02. The van der Waals surface area contributed by atoms with Crippen LogP contribution < -0.4 is 4.72 Å². The van der Waals surface area contributed by atoms with Gasteiger partial charge in [-0.2, -0.15) is 0 Å². The van der Waals surface area contributed by atoms with Gasteiger partial charge in [0.25, 0.3) is 10.0 Å². The molecule has 0 saturated carbocycles. The molecule has 1 N–H and O–H groups in total. The lowest BCUT2D eigenvalue weighted by Crippen LogP contribution is -2.10. The Morgan fingerprint density at radius 2 is 1.67 bits per heavy atom. The minimum Gasteiger partial charge on any atom is -0.324 e. The number of sulfonamides is 1. The van der Waals surface area contributed by atoms with E-state index in [-0.39, 0.29) is 5.69 Å². The van der Waals surface area contributed by atoms with Gasteiger partial charge in [-0.15, -0.1) is 0 Å². The maximum Gasteiger partial charge on any atom is 0.255 e. The van der Waals surface area contributed by atoms with Crippen molar-refractivity contribution in [2.75, 3.05) is 4.72 Å². The van der Waals surface area contributed by atoms with E-state index in [0.717, 1.165) is 11.0 Å². The molecule has 4 nitrogen and oxygen atoms in total. The van der Waals surface area contributed by atoms with Gasteiger partial charge in [0.1, 0.15) is 5.82 Å². The zero-order chi connectivity index (χ0) is 17.0. The first-order valence-corrected chi connectivity index (χ1v) is 8.77. The average Bonchev–Trinajstić information content (AvgIpc) is 3.10. The molecule has 0 aliphatic heterocycles. The lowest BCUT2D eigenvalue weighted by atomic mass is 10.2. The molecule has 0 atom stereocenters. The minimum absolute atomic E-state index is 0.0982. The van der Waals surface area contributed by atoms with Crippen LogP contribution in [0.25, 0.3) is 11.8 Å². The highest BCUT2D eigenvalue weighted by atomic mass is 32.2. The SMILES string of the molecule is O=S(=O)(/C=C/c1ccccc1)Nc1cc(-n2cccc2)ccc1F. The van der Waals surface area contributed by atoms with Crippen molar-refractivity contribution in [3.05, 3.63) is 89.8 Å². The first-order valence-electron chi connectivity index (χ1n) is 7.22. The topological polar surface area (TPSA) is 51.1 Å². The number of nitrogens with one attached hydrogen (secondary N) is 1. The van der Waals surface area contributed by atoms with E-state index < -0.39 is 15.8 Å². The molecule has 1 aromatic heterocycles. The van der Waals surface area contributed by atoms with E-state index in [0.29, 0.717) is 5.69 Å². The molecule has 0 fully saturated rings. The molecule has 0 spiro atoms. The van der Waals surface area contributed by atoms with Crippen LogP contribution in [0.15, 0.2) is 78.5 Å². The molecule has 2 aromatic carbocycles. The summed E-state index contributed by atoms with van der Waals surface area (Å²) in [7, 11) is -3.82. The summed E-state index contributed by atoms with van der Waals surface area (Å²) in [6.07, 6.45) is 5.04. The summed E-state index contributed by atoms with van der Waals surface area (Å²) in [5.41, 5.74) is 1.30. The van der Waals surface area contributed by atoms with E-state index in [4.69, 9.17) is 0 Å². The fraction of sp³-hybridized carbons (Fsp3) is 0. The van der Waals surface area contributed by atoms with E-state index >= 15 is 0 Å². The van der Waals surface area contributed by atoms with Crippen LogP contribution in [0.3, 0.4) is 0 Å². The van der Waals surface area contributed by atoms with Gasteiger partial charge in [-0.05, 0) is 42.0 Å². The summed E-state index contributed by atoms with van der Waals surface area (Å²) < 4.78 is 42.3. The van der Waals surface area contributed by atoms with Crippen LogP contribution in [-0.2, 0) is 10.0 Å². The Labute approximate surface area is 139 Å². The Bertz CT molecular complexity index is 950. The lowest BCUT2D eigenvalue weighted by Gasteiger charge is -2.09. The highest BCUT2D eigenvalue weighted by Gasteiger charge is 2.11. The highest BCUT2D eigenvalue weighted by molar-refractivity contribution is 7.95. The summed E-state index contributed by atoms with van der Waals surface area (Å²) in [5.74, 6) is -0.636. The van der Waals surface area contributed by atoms with Crippen LogP contribution in [-0.4, -0.2) is 13.0 Å². The number of rotatable bonds is 5. The molecule has 122 valence electrons. The number of nitrogens with zero attached hydrogens (tertiary/aromatic N) is 1. The van der Waals surface area contributed by atoms with Gasteiger partial charge in [-0.25, -0.2) is 12.8 Å². The van der Waals surface area contributed by atoms with Gasteiger partial charge < -0.3 is 4.57 Å². The first-order chi connectivity index (χ1) is 11.5. The molecule has 0 saturated heterocycles. The van der Waals surface area contributed by atoms with Crippen molar-refractivity contribution in [1.29, 1.82) is 0 Å².